The molecule has 0 bridgehead atoms. The minimum absolute atomic E-state index is 0.100. The molecule has 0 radical (unpaired) electrons. The number of benzene rings is 1. The summed E-state index contributed by atoms with van der Waals surface area (Å²) in [5, 5.41) is 12.5. The van der Waals surface area contributed by atoms with Crippen LogP contribution in [-0.2, 0) is 17.6 Å². The lowest BCUT2D eigenvalue weighted by Gasteiger charge is -2.27. The zero-order valence-electron chi connectivity index (χ0n) is 19.0. The van der Waals surface area contributed by atoms with Gasteiger partial charge in [-0.1, -0.05) is 0 Å². The van der Waals surface area contributed by atoms with Crippen LogP contribution in [-0.4, -0.2) is 57.5 Å². The first-order valence-electron chi connectivity index (χ1n) is 10.9. The lowest BCUT2D eigenvalue weighted by molar-refractivity contribution is 0.0569. The van der Waals surface area contributed by atoms with Gasteiger partial charge in [-0.15, -0.1) is 11.3 Å². The van der Waals surface area contributed by atoms with Crippen LogP contribution >= 0.6 is 11.3 Å². The van der Waals surface area contributed by atoms with Crippen molar-refractivity contribution in [3.8, 4) is 5.75 Å². The van der Waals surface area contributed by atoms with E-state index in [2.05, 4.69) is 25.5 Å². The Labute approximate surface area is 195 Å². The van der Waals surface area contributed by atoms with Gasteiger partial charge in [-0.3, -0.25) is 5.10 Å². The Morgan fingerprint density at radius 3 is 2.97 bits per heavy atom. The zero-order chi connectivity index (χ0) is 23.1. The molecule has 0 saturated carbocycles. The third-order valence-corrected chi connectivity index (χ3v) is 7.31. The highest BCUT2D eigenvalue weighted by Crippen LogP contribution is 2.41. The maximum Gasteiger partial charge on any atom is 0.410 e. The number of nitrogens with one attached hydrogen (secondary N) is 2. The van der Waals surface area contributed by atoms with Crippen molar-refractivity contribution in [3.63, 3.8) is 0 Å². The number of aromatic amines is 1. The number of hydrogen-bond acceptors (Lipinski definition) is 8. The van der Waals surface area contributed by atoms with Gasteiger partial charge in [0.05, 0.1) is 29.9 Å². The first-order valence-corrected chi connectivity index (χ1v) is 11.7. The minimum atomic E-state index is -0.275. The van der Waals surface area contributed by atoms with Crippen molar-refractivity contribution in [2.75, 3.05) is 19.5 Å². The number of carbonyl (C=O) groups excluding carboxylic acids is 1. The van der Waals surface area contributed by atoms with Gasteiger partial charge in [-0.25, -0.2) is 14.8 Å². The lowest BCUT2D eigenvalue weighted by Crippen LogP contribution is -2.37. The van der Waals surface area contributed by atoms with Crippen LogP contribution in [0.3, 0.4) is 0 Å². The average Bonchev–Trinajstić information content (AvgIpc) is 3.41. The van der Waals surface area contributed by atoms with Crippen LogP contribution < -0.4 is 10.1 Å². The van der Waals surface area contributed by atoms with Crippen LogP contribution in [0.4, 0.5) is 16.3 Å². The Morgan fingerprint density at radius 1 is 1.33 bits per heavy atom. The fraction of sp³-hybridized carbons (Fsp3) is 0.391. The second-order valence-electron chi connectivity index (χ2n) is 8.49. The predicted octanol–water partition coefficient (Wildman–Crippen LogP) is 4.65. The maximum atomic E-state index is 12.4. The Bertz CT molecular complexity index is 1330. The molecule has 1 aliphatic rings. The standard InChI is InChI=1S/C23H26N6O3S/c1-12(2)29(3)23(30)32-14-5-6-15-19(8-14)33-22-20(15)21(24-11-25-22)27-17-7-13-10-26-28-16(13)9-18(17)31-4/h7,9-12,14H,5-6,8H2,1-4H3,(H,26,28)(H,24,25,27). The van der Waals surface area contributed by atoms with Gasteiger partial charge in [0.15, 0.2) is 0 Å². The smallest absolute Gasteiger partial charge is 0.410 e. The van der Waals surface area contributed by atoms with E-state index in [0.29, 0.717) is 12.2 Å². The first kappa shape index (κ1) is 21.4. The third-order valence-electron chi connectivity index (χ3n) is 6.14. The molecule has 1 unspecified atom stereocenters. The summed E-state index contributed by atoms with van der Waals surface area (Å²) in [4.78, 5) is 25.2. The molecule has 0 spiro atoms. The number of amides is 1. The summed E-state index contributed by atoms with van der Waals surface area (Å²) in [6, 6.07) is 4.01. The number of rotatable bonds is 5. The van der Waals surface area contributed by atoms with E-state index < -0.39 is 0 Å². The number of anilines is 2. The molecular weight excluding hydrogens is 440 g/mol. The van der Waals surface area contributed by atoms with Crippen LogP contribution in [0.15, 0.2) is 24.7 Å². The van der Waals surface area contributed by atoms with Gasteiger partial charge < -0.3 is 19.7 Å². The quantitative estimate of drug-likeness (QED) is 0.441. The molecule has 3 heterocycles. The summed E-state index contributed by atoms with van der Waals surface area (Å²) in [6.45, 7) is 3.94. The van der Waals surface area contributed by atoms with Crippen molar-refractivity contribution in [1.82, 2.24) is 25.1 Å². The molecule has 9 nitrogen and oxygen atoms in total. The summed E-state index contributed by atoms with van der Waals surface area (Å²) < 4.78 is 11.4. The van der Waals surface area contributed by atoms with E-state index in [1.807, 2.05) is 26.0 Å². The number of fused-ring (bicyclic) bond motifs is 4. The van der Waals surface area contributed by atoms with Crippen LogP contribution in [0.2, 0.25) is 0 Å². The van der Waals surface area contributed by atoms with Crippen LogP contribution in [0.25, 0.3) is 21.1 Å². The Balaban J connectivity index is 1.44. The van der Waals surface area contributed by atoms with Gasteiger partial charge in [-0.2, -0.15) is 5.10 Å². The third kappa shape index (κ3) is 3.95. The van der Waals surface area contributed by atoms with Crippen molar-refractivity contribution < 1.29 is 14.3 Å². The van der Waals surface area contributed by atoms with E-state index in [9.17, 15) is 4.79 Å². The number of hydrogen-bond donors (Lipinski definition) is 2. The average molecular weight is 467 g/mol. The summed E-state index contributed by atoms with van der Waals surface area (Å²) >= 11 is 1.64. The molecule has 4 aromatic rings. The van der Waals surface area contributed by atoms with Crippen LogP contribution in [0.5, 0.6) is 5.75 Å². The maximum absolute atomic E-state index is 12.4. The van der Waals surface area contributed by atoms with Crippen molar-refractivity contribution in [2.24, 2.45) is 0 Å². The number of ether oxygens (including phenoxy) is 2. The van der Waals surface area contributed by atoms with E-state index in [-0.39, 0.29) is 18.2 Å². The number of carbonyl (C=O) groups is 1. The molecule has 1 aliphatic carbocycles. The van der Waals surface area contributed by atoms with Crippen molar-refractivity contribution in [2.45, 2.75) is 45.3 Å². The fourth-order valence-corrected chi connectivity index (χ4v) is 5.33. The Morgan fingerprint density at radius 2 is 2.18 bits per heavy atom. The van der Waals surface area contributed by atoms with Gasteiger partial charge in [0.2, 0.25) is 0 Å². The predicted molar refractivity (Wildman–Crippen MR) is 129 cm³/mol. The van der Waals surface area contributed by atoms with Gasteiger partial charge in [-0.05, 0) is 38.3 Å². The second-order valence-corrected chi connectivity index (χ2v) is 9.58. The van der Waals surface area contributed by atoms with Crippen molar-refractivity contribution >= 4 is 50.1 Å². The van der Waals surface area contributed by atoms with E-state index in [4.69, 9.17) is 9.47 Å². The number of nitrogens with zero attached hydrogens (tertiary/aromatic N) is 4. The fourth-order valence-electron chi connectivity index (χ4n) is 4.08. The molecule has 1 aromatic carbocycles. The highest BCUT2D eigenvalue weighted by Gasteiger charge is 2.28. The molecule has 1 amide bonds. The number of aryl methyl sites for hydroxylation is 1. The van der Waals surface area contributed by atoms with Gasteiger partial charge in [0.25, 0.3) is 0 Å². The van der Waals surface area contributed by atoms with E-state index in [0.717, 1.165) is 45.5 Å². The second kappa shape index (κ2) is 8.51. The van der Waals surface area contributed by atoms with Crippen LogP contribution in [0, 0.1) is 0 Å². The van der Waals surface area contributed by atoms with Crippen molar-refractivity contribution in [3.05, 3.63) is 35.1 Å². The SMILES string of the molecule is COc1cc2[nH]ncc2cc1Nc1ncnc2sc3c(c12)CCC(OC(=O)N(C)C(C)C)C3. The van der Waals surface area contributed by atoms with Crippen LogP contribution in [0.1, 0.15) is 30.7 Å². The summed E-state index contributed by atoms with van der Waals surface area (Å²) in [5.41, 5.74) is 2.94. The molecule has 2 N–H and O–H groups in total. The molecule has 5 rings (SSSR count). The lowest BCUT2D eigenvalue weighted by atomic mass is 9.94. The molecule has 1 atom stereocenters. The monoisotopic (exact) mass is 466 g/mol. The molecule has 0 aliphatic heterocycles. The zero-order valence-corrected chi connectivity index (χ0v) is 19.8. The minimum Gasteiger partial charge on any atom is -0.494 e. The number of methoxy groups -OCH3 is 1. The molecule has 0 saturated heterocycles. The summed E-state index contributed by atoms with van der Waals surface area (Å²) in [6.07, 6.45) is 5.21. The highest BCUT2D eigenvalue weighted by atomic mass is 32.1. The van der Waals surface area contributed by atoms with Gasteiger partial charge in [0.1, 0.15) is 28.8 Å². The number of thiophene rings is 1. The first-order chi connectivity index (χ1) is 15.9. The molecule has 10 heteroatoms. The summed E-state index contributed by atoms with van der Waals surface area (Å²) in [7, 11) is 3.41. The summed E-state index contributed by atoms with van der Waals surface area (Å²) in [5.74, 6) is 1.44. The number of aromatic nitrogens is 4. The largest absolute Gasteiger partial charge is 0.494 e. The van der Waals surface area contributed by atoms with Gasteiger partial charge >= 0.3 is 6.09 Å². The molecule has 3 aromatic heterocycles. The Hall–Kier alpha value is -3.40. The van der Waals surface area contributed by atoms with E-state index in [1.54, 1.807) is 42.9 Å². The van der Waals surface area contributed by atoms with E-state index >= 15 is 0 Å². The Kier molecular flexibility index (Phi) is 5.53. The molecular formula is C23H26N6O3S. The number of H-pyrrole nitrogens is 1. The molecule has 172 valence electrons. The van der Waals surface area contributed by atoms with E-state index in [1.165, 1.54) is 10.4 Å². The molecule has 33 heavy (non-hydrogen) atoms. The topological polar surface area (TPSA) is 105 Å². The highest BCUT2D eigenvalue weighted by molar-refractivity contribution is 7.19. The molecule has 0 fully saturated rings. The van der Waals surface area contributed by atoms with Crippen molar-refractivity contribution in [1.29, 1.82) is 0 Å². The normalized spacial score (nSPS) is 15.6. The van der Waals surface area contributed by atoms with Gasteiger partial charge in [0, 0.05) is 35.8 Å².